The van der Waals surface area contributed by atoms with E-state index in [1.165, 1.54) is 32.1 Å². The number of fused-ring (bicyclic) bond motifs is 1. The summed E-state index contributed by atoms with van der Waals surface area (Å²) in [5.74, 6) is 2.25. The lowest BCUT2D eigenvalue weighted by Gasteiger charge is -2.38. The van der Waals surface area contributed by atoms with Crippen molar-refractivity contribution in [3.8, 4) is 11.4 Å². The van der Waals surface area contributed by atoms with Crippen LogP contribution in [-0.4, -0.2) is 25.5 Å². The Bertz CT molecular complexity index is 885. The van der Waals surface area contributed by atoms with E-state index < -0.39 is 0 Å². The second-order valence-electron chi connectivity index (χ2n) is 7.71. The third-order valence-electron chi connectivity index (χ3n) is 5.50. The van der Waals surface area contributed by atoms with Gasteiger partial charge >= 0.3 is 0 Å². The monoisotopic (exact) mass is 347 g/mol. The molecule has 0 spiro atoms. The van der Waals surface area contributed by atoms with Crippen LogP contribution in [0.15, 0.2) is 43.0 Å². The van der Waals surface area contributed by atoms with Crippen molar-refractivity contribution in [2.45, 2.75) is 51.5 Å². The summed E-state index contributed by atoms with van der Waals surface area (Å²) in [4.78, 5) is 17.9. The molecule has 1 N–H and O–H groups in total. The van der Waals surface area contributed by atoms with Gasteiger partial charge in [0.1, 0.15) is 5.82 Å². The molecule has 0 aromatic carbocycles. The molecule has 0 unspecified atom stereocenters. The van der Waals surface area contributed by atoms with Gasteiger partial charge in [0.05, 0.1) is 11.7 Å². The molecule has 0 atom stereocenters. The van der Waals surface area contributed by atoms with Crippen LogP contribution in [0, 0.1) is 5.92 Å². The van der Waals surface area contributed by atoms with Gasteiger partial charge in [-0.1, -0.05) is 19.3 Å². The van der Waals surface area contributed by atoms with Crippen molar-refractivity contribution in [2.75, 3.05) is 5.32 Å². The zero-order valence-corrected chi connectivity index (χ0v) is 15.4. The molecule has 1 fully saturated rings. The van der Waals surface area contributed by atoms with Crippen molar-refractivity contribution in [3.63, 3.8) is 0 Å². The third kappa shape index (κ3) is 3.39. The van der Waals surface area contributed by atoms with Crippen LogP contribution in [0.1, 0.15) is 46.0 Å². The van der Waals surface area contributed by atoms with Crippen LogP contribution in [0.25, 0.3) is 22.3 Å². The minimum Gasteiger partial charge on any atom is -0.364 e. The molecule has 3 aromatic rings. The zero-order chi connectivity index (χ0) is 18.0. The standard InChI is InChI=1S/C21H25N5/c1-21(2,16-6-4-3-5-7-16)26-20-17-10-13-23-14-18(17)24-19(25-20)15-8-11-22-12-9-15/h8-14,16H,3-7H2,1-2H3,(H,24,25,26). The Labute approximate surface area is 154 Å². The average Bonchev–Trinajstić information content (AvgIpc) is 2.69. The molecule has 0 radical (unpaired) electrons. The topological polar surface area (TPSA) is 63.6 Å². The van der Waals surface area contributed by atoms with E-state index in [4.69, 9.17) is 9.97 Å². The molecule has 1 aliphatic rings. The van der Waals surface area contributed by atoms with E-state index in [-0.39, 0.29) is 5.54 Å². The van der Waals surface area contributed by atoms with Crippen molar-refractivity contribution >= 4 is 16.7 Å². The highest BCUT2D eigenvalue weighted by Gasteiger charge is 2.31. The van der Waals surface area contributed by atoms with Gasteiger partial charge in [-0.2, -0.15) is 0 Å². The van der Waals surface area contributed by atoms with Crippen LogP contribution in [0.2, 0.25) is 0 Å². The molecule has 0 saturated heterocycles. The lowest BCUT2D eigenvalue weighted by atomic mass is 9.76. The molecule has 26 heavy (non-hydrogen) atoms. The Morgan fingerprint density at radius 3 is 2.42 bits per heavy atom. The summed E-state index contributed by atoms with van der Waals surface area (Å²) in [6.07, 6.45) is 13.7. The summed E-state index contributed by atoms with van der Waals surface area (Å²) in [6.45, 7) is 4.59. The number of aromatic nitrogens is 4. The maximum absolute atomic E-state index is 4.87. The number of nitrogens with one attached hydrogen (secondary N) is 1. The van der Waals surface area contributed by atoms with E-state index >= 15 is 0 Å². The number of anilines is 1. The fourth-order valence-electron chi connectivity index (χ4n) is 3.94. The summed E-state index contributed by atoms with van der Waals surface area (Å²) in [7, 11) is 0. The predicted octanol–water partition coefficient (Wildman–Crippen LogP) is 4.86. The molecule has 134 valence electrons. The van der Waals surface area contributed by atoms with Crippen molar-refractivity contribution < 1.29 is 0 Å². The quantitative estimate of drug-likeness (QED) is 0.730. The van der Waals surface area contributed by atoms with Gasteiger partial charge in [0.25, 0.3) is 0 Å². The van der Waals surface area contributed by atoms with Crippen molar-refractivity contribution in [1.82, 2.24) is 19.9 Å². The molecule has 4 rings (SSSR count). The van der Waals surface area contributed by atoms with Crippen LogP contribution in [-0.2, 0) is 0 Å². The smallest absolute Gasteiger partial charge is 0.162 e. The Morgan fingerprint density at radius 2 is 1.65 bits per heavy atom. The fourth-order valence-corrected chi connectivity index (χ4v) is 3.94. The minimum atomic E-state index is -0.0134. The molecular formula is C21H25N5. The van der Waals surface area contributed by atoms with Gasteiger partial charge in [-0.15, -0.1) is 0 Å². The van der Waals surface area contributed by atoms with Crippen LogP contribution in [0.4, 0.5) is 5.82 Å². The van der Waals surface area contributed by atoms with Crippen molar-refractivity contribution in [3.05, 3.63) is 43.0 Å². The summed E-state index contributed by atoms with van der Waals surface area (Å²) < 4.78 is 0. The Hall–Kier alpha value is -2.56. The van der Waals surface area contributed by atoms with E-state index in [1.54, 1.807) is 24.8 Å². The SMILES string of the molecule is CC(C)(Nc1nc(-c2ccncc2)nc2cnccc12)C1CCCCC1. The highest BCUT2D eigenvalue weighted by Crippen LogP contribution is 2.36. The number of pyridine rings is 2. The van der Waals surface area contributed by atoms with Gasteiger partial charge in [0.2, 0.25) is 0 Å². The summed E-state index contributed by atoms with van der Waals surface area (Å²) in [6, 6.07) is 5.87. The second kappa shape index (κ2) is 6.98. The van der Waals surface area contributed by atoms with Crippen LogP contribution in [0.5, 0.6) is 0 Å². The normalized spacial score (nSPS) is 15.9. The Kier molecular flexibility index (Phi) is 4.53. The maximum atomic E-state index is 4.87. The number of hydrogen-bond acceptors (Lipinski definition) is 5. The van der Waals surface area contributed by atoms with Gasteiger partial charge in [0, 0.05) is 35.1 Å². The lowest BCUT2D eigenvalue weighted by molar-refractivity contribution is 0.258. The molecular weight excluding hydrogens is 322 g/mol. The van der Waals surface area contributed by atoms with Gasteiger partial charge in [-0.05, 0) is 50.8 Å². The van der Waals surface area contributed by atoms with Gasteiger partial charge in [-0.3, -0.25) is 9.97 Å². The molecule has 0 bridgehead atoms. The highest BCUT2D eigenvalue weighted by molar-refractivity contribution is 5.90. The van der Waals surface area contributed by atoms with Crippen LogP contribution >= 0.6 is 0 Å². The van der Waals surface area contributed by atoms with E-state index in [1.807, 2.05) is 18.2 Å². The first-order valence-corrected chi connectivity index (χ1v) is 9.44. The fraction of sp³-hybridized carbons (Fsp3) is 0.429. The number of hydrogen-bond donors (Lipinski definition) is 1. The Balaban J connectivity index is 1.75. The Morgan fingerprint density at radius 1 is 0.923 bits per heavy atom. The van der Waals surface area contributed by atoms with Crippen LogP contribution < -0.4 is 5.32 Å². The number of rotatable bonds is 4. The molecule has 3 heterocycles. The summed E-state index contributed by atoms with van der Waals surface area (Å²) in [5, 5.41) is 4.76. The largest absolute Gasteiger partial charge is 0.364 e. The van der Waals surface area contributed by atoms with E-state index in [0.29, 0.717) is 11.7 Å². The lowest BCUT2D eigenvalue weighted by Crippen LogP contribution is -2.41. The van der Waals surface area contributed by atoms with E-state index in [9.17, 15) is 0 Å². The van der Waals surface area contributed by atoms with Gasteiger partial charge in [0.15, 0.2) is 5.82 Å². The zero-order valence-electron chi connectivity index (χ0n) is 15.4. The molecule has 3 aromatic heterocycles. The van der Waals surface area contributed by atoms with E-state index in [0.717, 1.165) is 22.3 Å². The van der Waals surface area contributed by atoms with Crippen molar-refractivity contribution in [1.29, 1.82) is 0 Å². The van der Waals surface area contributed by atoms with Crippen molar-refractivity contribution in [2.24, 2.45) is 5.92 Å². The molecule has 0 aliphatic heterocycles. The number of nitrogens with zero attached hydrogens (tertiary/aromatic N) is 4. The van der Waals surface area contributed by atoms with Crippen LogP contribution in [0.3, 0.4) is 0 Å². The van der Waals surface area contributed by atoms with E-state index in [2.05, 4.69) is 29.1 Å². The third-order valence-corrected chi connectivity index (χ3v) is 5.50. The first-order chi connectivity index (χ1) is 12.6. The predicted molar refractivity (Wildman–Crippen MR) is 105 cm³/mol. The van der Waals surface area contributed by atoms with Gasteiger partial charge < -0.3 is 5.32 Å². The summed E-state index contributed by atoms with van der Waals surface area (Å²) in [5.41, 5.74) is 1.81. The first kappa shape index (κ1) is 16.9. The molecule has 1 saturated carbocycles. The molecule has 1 aliphatic carbocycles. The molecule has 0 amide bonds. The second-order valence-corrected chi connectivity index (χ2v) is 7.71. The summed E-state index contributed by atoms with van der Waals surface area (Å²) >= 11 is 0. The maximum Gasteiger partial charge on any atom is 0.162 e. The molecule has 5 nitrogen and oxygen atoms in total. The first-order valence-electron chi connectivity index (χ1n) is 9.44. The minimum absolute atomic E-state index is 0.0134. The molecule has 5 heteroatoms. The average molecular weight is 347 g/mol. The highest BCUT2D eigenvalue weighted by atomic mass is 15.1. The van der Waals surface area contributed by atoms with Gasteiger partial charge in [-0.25, -0.2) is 9.97 Å².